The molecule has 16 heavy (non-hydrogen) atoms. The Kier molecular flexibility index (Phi) is 2.16. The maximum Gasteiger partial charge on any atom is 0.434 e. The van der Waals surface area contributed by atoms with Gasteiger partial charge >= 0.3 is 5.88 Å². The largest absolute Gasteiger partial charge is 0.434 e. The van der Waals surface area contributed by atoms with Crippen molar-refractivity contribution in [3.63, 3.8) is 0 Å². The number of nitrogens with zero attached hydrogens (tertiary/aromatic N) is 2. The van der Waals surface area contributed by atoms with Crippen LogP contribution in [0.2, 0.25) is 0 Å². The molecule has 0 aliphatic heterocycles. The van der Waals surface area contributed by atoms with E-state index in [4.69, 9.17) is 10.2 Å². The lowest BCUT2D eigenvalue weighted by Gasteiger charge is -1.90. The predicted molar refractivity (Wildman–Crippen MR) is 49.4 cm³/mol. The minimum atomic E-state index is -0.911. The molecule has 82 valence electrons. The number of nitro groups is 1. The number of primary amides is 1. The molecular weight excluding hydrogens is 218 g/mol. The molecule has 8 heteroatoms. The molecule has 0 saturated heterocycles. The van der Waals surface area contributed by atoms with Crippen LogP contribution in [0.3, 0.4) is 0 Å². The number of hydrogen-bond donors (Lipinski definition) is 1. The molecule has 0 unspecified atom stereocenters. The van der Waals surface area contributed by atoms with E-state index in [9.17, 15) is 14.9 Å². The van der Waals surface area contributed by atoms with Crippen molar-refractivity contribution in [3.05, 3.63) is 34.3 Å². The van der Waals surface area contributed by atoms with Crippen LogP contribution >= 0.6 is 0 Å². The van der Waals surface area contributed by atoms with Crippen molar-refractivity contribution in [2.75, 3.05) is 0 Å². The second-order valence-electron chi connectivity index (χ2n) is 2.83. The smallest absolute Gasteiger partial charge is 0.395 e. The lowest BCUT2D eigenvalue weighted by Crippen LogP contribution is -2.10. The molecule has 1 amide bonds. The van der Waals surface area contributed by atoms with Gasteiger partial charge in [0.05, 0.1) is 11.6 Å². The topological polar surface area (TPSA) is 125 Å². The van der Waals surface area contributed by atoms with Gasteiger partial charge in [0.2, 0.25) is 5.76 Å². The lowest BCUT2D eigenvalue weighted by molar-refractivity contribution is -0.402. The molecule has 0 saturated carbocycles. The fourth-order valence-corrected chi connectivity index (χ4v) is 1.19. The Morgan fingerprint density at radius 1 is 1.56 bits per heavy atom. The highest BCUT2D eigenvalue weighted by atomic mass is 16.6. The highest BCUT2D eigenvalue weighted by Gasteiger charge is 2.24. The number of hydrogen-bond acceptors (Lipinski definition) is 6. The normalized spacial score (nSPS) is 10.2. The van der Waals surface area contributed by atoms with Gasteiger partial charge < -0.3 is 14.7 Å². The Balaban J connectivity index is 2.59. The number of nitrogens with two attached hydrogens (primary N) is 1. The summed E-state index contributed by atoms with van der Waals surface area (Å²) in [4.78, 5) is 20.7. The van der Waals surface area contributed by atoms with E-state index < -0.39 is 16.7 Å². The van der Waals surface area contributed by atoms with Crippen molar-refractivity contribution in [3.8, 4) is 11.3 Å². The molecule has 0 radical (unpaired) electrons. The average molecular weight is 223 g/mol. The van der Waals surface area contributed by atoms with Crippen LogP contribution in [0.15, 0.2) is 27.3 Å². The van der Waals surface area contributed by atoms with Gasteiger partial charge in [-0.2, -0.15) is 0 Å². The molecule has 0 aromatic carbocycles. The van der Waals surface area contributed by atoms with Gasteiger partial charge in [-0.05, 0) is 0 Å². The minimum absolute atomic E-state index is 0.132. The van der Waals surface area contributed by atoms with E-state index in [2.05, 4.69) is 9.68 Å². The molecule has 2 aromatic heterocycles. The molecule has 2 N–H and O–H groups in total. The molecule has 0 bridgehead atoms. The van der Waals surface area contributed by atoms with Crippen molar-refractivity contribution in [1.82, 2.24) is 5.16 Å². The van der Waals surface area contributed by atoms with Crippen molar-refractivity contribution in [2.24, 2.45) is 5.73 Å². The summed E-state index contributed by atoms with van der Waals surface area (Å²) in [5.74, 6) is -1.81. The summed E-state index contributed by atoms with van der Waals surface area (Å²) in [5, 5.41) is 14.0. The van der Waals surface area contributed by atoms with E-state index in [1.54, 1.807) is 0 Å². The quantitative estimate of drug-likeness (QED) is 0.609. The van der Waals surface area contributed by atoms with Crippen LogP contribution in [0.5, 0.6) is 0 Å². The molecular formula is C8H5N3O5. The summed E-state index contributed by atoms with van der Waals surface area (Å²) >= 11 is 0. The van der Waals surface area contributed by atoms with Gasteiger partial charge in [-0.15, -0.1) is 0 Å². The minimum Gasteiger partial charge on any atom is -0.395 e. The number of carbonyl (C=O) groups is 1. The fourth-order valence-electron chi connectivity index (χ4n) is 1.19. The fraction of sp³-hybridized carbons (Fsp3) is 0. The van der Waals surface area contributed by atoms with Crippen LogP contribution in [-0.4, -0.2) is 16.0 Å². The van der Waals surface area contributed by atoms with Crippen molar-refractivity contribution in [2.45, 2.75) is 0 Å². The molecule has 2 aromatic rings. The molecule has 0 aliphatic rings. The Morgan fingerprint density at radius 2 is 2.31 bits per heavy atom. The van der Waals surface area contributed by atoms with Gasteiger partial charge in [0.15, 0.2) is 0 Å². The first-order valence-corrected chi connectivity index (χ1v) is 4.08. The van der Waals surface area contributed by atoms with Gasteiger partial charge in [-0.1, -0.05) is 5.16 Å². The first-order valence-electron chi connectivity index (χ1n) is 4.08. The Labute approximate surface area is 87.8 Å². The highest BCUT2D eigenvalue weighted by Crippen LogP contribution is 2.29. The summed E-state index contributed by atoms with van der Waals surface area (Å²) in [6, 6.07) is 2.50. The lowest BCUT2D eigenvalue weighted by atomic mass is 10.2. The zero-order chi connectivity index (χ0) is 11.7. The molecule has 0 spiro atoms. The van der Waals surface area contributed by atoms with Crippen LogP contribution in [0.1, 0.15) is 10.6 Å². The van der Waals surface area contributed by atoms with Crippen LogP contribution in [0.25, 0.3) is 11.3 Å². The van der Waals surface area contributed by atoms with Gasteiger partial charge in [-0.25, -0.2) is 0 Å². The van der Waals surface area contributed by atoms with E-state index in [0.29, 0.717) is 0 Å². The Bertz CT molecular complexity index is 542. The predicted octanol–water partition coefficient (Wildman–Crippen LogP) is 0.942. The van der Waals surface area contributed by atoms with E-state index in [1.807, 2.05) is 0 Å². The second kappa shape index (κ2) is 3.50. The van der Waals surface area contributed by atoms with Crippen molar-refractivity contribution >= 4 is 11.8 Å². The van der Waals surface area contributed by atoms with Gasteiger partial charge in [0.25, 0.3) is 5.91 Å². The Morgan fingerprint density at radius 3 is 2.81 bits per heavy atom. The molecule has 2 heterocycles. The number of aromatic nitrogens is 1. The third-order valence-corrected chi connectivity index (χ3v) is 1.84. The van der Waals surface area contributed by atoms with Crippen molar-refractivity contribution < 1.29 is 18.7 Å². The van der Waals surface area contributed by atoms with E-state index in [-0.39, 0.29) is 17.0 Å². The Hall–Kier alpha value is -2.64. The van der Waals surface area contributed by atoms with E-state index in [1.165, 1.54) is 12.3 Å². The summed E-state index contributed by atoms with van der Waals surface area (Å²) in [5.41, 5.74) is 5.39. The van der Waals surface area contributed by atoms with Gasteiger partial charge in [0, 0.05) is 6.07 Å². The third kappa shape index (κ3) is 1.52. The summed E-state index contributed by atoms with van der Waals surface area (Å²) in [6.45, 7) is 0. The van der Waals surface area contributed by atoms with Gasteiger partial charge in [-0.3, -0.25) is 14.9 Å². The highest BCUT2D eigenvalue weighted by molar-refractivity contribution is 5.97. The average Bonchev–Trinajstić information content (AvgIpc) is 2.86. The number of carbonyl (C=O) groups excluding carboxylic acids is 1. The zero-order valence-electron chi connectivity index (χ0n) is 7.75. The van der Waals surface area contributed by atoms with Gasteiger partial charge in [0.1, 0.15) is 16.9 Å². The SMILES string of the molecule is NC(=O)c1oc([N+](=O)[O-])cc1-c1ccon1. The summed E-state index contributed by atoms with van der Waals surface area (Å²) in [6.07, 6.45) is 1.26. The maximum atomic E-state index is 11.0. The molecule has 0 atom stereocenters. The first-order chi connectivity index (χ1) is 7.59. The van der Waals surface area contributed by atoms with Crippen LogP contribution in [-0.2, 0) is 0 Å². The molecule has 0 fully saturated rings. The monoisotopic (exact) mass is 223 g/mol. The van der Waals surface area contributed by atoms with E-state index >= 15 is 0 Å². The van der Waals surface area contributed by atoms with Crippen LogP contribution in [0, 0.1) is 10.1 Å². The summed E-state index contributed by atoms with van der Waals surface area (Å²) in [7, 11) is 0. The van der Waals surface area contributed by atoms with Crippen LogP contribution < -0.4 is 5.73 Å². The van der Waals surface area contributed by atoms with Crippen molar-refractivity contribution in [1.29, 1.82) is 0 Å². The standard InChI is InChI=1S/C8H5N3O5/c9-8(12)7-4(5-1-2-15-10-5)3-6(16-7)11(13)14/h1-3H,(H2,9,12). The molecule has 0 aliphatic carbocycles. The first kappa shape index (κ1) is 9.90. The molecule has 2 rings (SSSR count). The maximum absolute atomic E-state index is 11.0. The van der Waals surface area contributed by atoms with Crippen LogP contribution in [0.4, 0.5) is 5.88 Å². The summed E-state index contributed by atoms with van der Waals surface area (Å²) < 4.78 is 9.27. The third-order valence-electron chi connectivity index (χ3n) is 1.84. The zero-order valence-corrected chi connectivity index (χ0v) is 7.75. The molecule has 8 nitrogen and oxygen atoms in total. The number of rotatable bonds is 3. The second-order valence-corrected chi connectivity index (χ2v) is 2.83. The number of furan rings is 1. The van der Waals surface area contributed by atoms with E-state index in [0.717, 1.165) is 6.07 Å². The number of amides is 1.